The Balaban J connectivity index is 1.62. The lowest BCUT2D eigenvalue weighted by atomic mass is 10.0. The second-order valence-electron chi connectivity index (χ2n) is 6.36. The molecule has 2 heterocycles. The largest absolute Gasteiger partial charge is 0.459 e. The van der Waals surface area contributed by atoms with Gasteiger partial charge in [-0.3, -0.25) is 4.79 Å². The van der Waals surface area contributed by atoms with Crippen molar-refractivity contribution in [3.63, 3.8) is 0 Å². The van der Waals surface area contributed by atoms with Crippen LogP contribution >= 0.6 is 11.6 Å². The third-order valence-electron chi connectivity index (χ3n) is 4.25. The molecule has 28 heavy (non-hydrogen) atoms. The second kappa shape index (κ2) is 7.32. The molecule has 2 aromatic heterocycles. The number of benzene rings is 2. The summed E-state index contributed by atoms with van der Waals surface area (Å²) in [5, 5.41) is 11.3. The van der Waals surface area contributed by atoms with Crippen molar-refractivity contribution in [3.05, 3.63) is 76.5 Å². The first kappa shape index (κ1) is 18.0. The molecule has 4 aromatic rings. The first-order valence-electron chi connectivity index (χ1n) is 8.57. The molecule has 0 aliphatic rings. The summed E-state index contributed by atoms with van der Waals surface area (Å²) in [6.45, 7) is 3.85. The van der Waals surface area contributed by atoms with Gasteiger partial charge in [0.2, 0.25) is 5.89 Å². The van der Waals surface area contributed by atoms with Crippen molar-refractivity contribution in [1.82, 2.24) is 10.2 Å². The quantitative estimate of drug-likeness (QED) is 0.493. The van der Waals surface area contributed by atoms with Crippen LogP contribution < -0.4 is 5.32 Å². The highest BCUT2D eigenvalue weighted by atomic mass is 35.5. The predicted octanol–water partition coefficient (Wildman–Crippen LogP) is 5.52. The zero-order valence-corrected chi connectivity index (χ0v) is 15.9. The summed E-state index contributed by atoms with van der Waals surface area (Å²) in [6, 6.07) is 14.3. The van der Waals surface area contributed by atoms with Crippen molar-refractivity contribution in [2.24, 2.45) is 0 Å². The summed E-state index contributed by atoms with van der Waals surface area (Å²) in [7, 11) is 0. The van der Waals surface area contributed by atoms with Crippen LogP contribution in [0.15, 0.2) is 63.6 Å². The van der Waals surface area contributed by atoms with Crippen molar-refractivity contribution in [2.45, 2.75) is 13.8 Å². The molecule has 1 N–H and O–H groups in total. The van der Waals surface area contributed by atoms with E-state index in [1.807, 2.05) is 32.0 Å². The van der Waals surface area contributed by atoms with E-state index in [1.54, 1.807) is 30.3 Å². The third-order valence-corrected chi connectivity index (χ3v) is 4.58. The minimum atomic E-state index is -0.198. The molecule has 0 saturated heterocycles. The number of hydrogen-bond donors (Lipinski definition) is 1. The minimum Gasteiger partial charge on any atom is -0.459 e. The maximum atomic E-state index is 12.7. The molecule has 0 radical (unpaired) electrons. The molecule has 0 unspecified atom stereocenters. The lowest BCUT2D eigenvalue weighted by molar-refractivity contribution is 0.102. The molecule has 7 heteroatoms. The topological polar surface area (TPSA) is 81.2 Å². The zero-order chi connectivity index (χ0) is 19.7. The van der Waals surface area contributed by atoms with Crippen LogP contribution in [-0.4, -0.2) is 16.1 Å². The van der Waals surface area contributed by atoms with Crippen molar-refractivity contribution in [2.75, 3.05) is 5.32 Å². The van der Waals surface area contributed by atoms with Crippen molar-refractivity contribution in [1.29, 1.82) is 0 Å². The highest BCUT2D eigenvalue weighted by molar-refractivity contribution is 6.33. The van der Waals surface area contributed by atoms with E-state index in [0.717, 1.165) is 11.1 Å². The van der Waals surface area contributed by atoms with Crippen LogP contribution in [0.1, 0.15) is 21.5 Å². The fraction of sp³-hybridized carbons (Fsp3) is 0.0952. The monoisotopic (exact) mass is 393 g/mol. The number of nitrogens with one attached hydrogen (secondary N) is 1. The molecule has 0 fully saturated rings. The molecule has 0 spiro atoms. The van der Waals surface area contributed by atoms with Gasteiger partial charge in [-0.05, 0) is 55.8 Å². The number of nitrogens with zero attached hydrogens (tertiary/aromatic N) is 2. The van der Waals surface area contributed by atoms with E-state index in [0.29, 0.717) is 27.6 Å². The summed E-state index contributed by atoms with van der Waals surface area (Å²) < 4.78 is 10.9. The van der Waals surface area contributed by atoms with Gasteiger partial charge in [0.1, 0.15) is 0 Å². The van der Waals surface area contributed by atoms with E-state index in [9.17, 15) is 4.79 Å². The molecule has 6 nitrogen and oxygen atoms in total. The number of hydrogen-bond acceptors (Lipinski definition) is 5. The SMILES string of the molecule is Cc1ccc(C)c(C(=O)Nc2ccc(Cl)c(-c3nnc(-c4ccco4)o3)c2)c1. The molecule has 0 aliphatic heterocycles. The molecule has 0 saturated carbocycles. The average Bonchev–Trinajstić information content (AvgIpc) is 3.36. The standard InChI is InChI=1S/C21H16ClN3O3/c1-12-5-6-13(2)15(10-12)19(26)23-14-7-8-17(22)16(11-14)20-24-25-21(28-20)18-4-3-9-27-18/h3-11H,1-2H3,(H,23,26). The molecular weight excluding hydrogens is 378 g/mol. The number of amides is 1. The Morgan fingerprint density at radius 1 is 1.04 bits per heavy atom. The highest BCUT2D eigenvalue weighted by Crippen LogP contribution is 2.32. The number of anilines is 1. The van der Waals surface area contributed by atoms with Gasteiger partial charge in [-0.25, -0.2) is 0 Å². The summed E-state index contributed by atoms with van der Waals surface area (Å²) in [6.07, 6.45) is 1.52. The molecule has 1 amide bonds. The Morgan fingerprint density at radius 3 is 2.64 bits per heavy atom. The number of aromatic nitrogens is 2. The van der Waals surface area contributed by atoms with Gasteiger partial charge in [0.05, 0.1) is 16.8 Å². The molecular formula is C21H16ClN3O3. The maximum absolute atomic E-state index is 12.7. The van der Waals surface area contributed by atoms with E-state index >= 15 is 0 Å². The first-order valence-corrected chi connectivity index (χ1v) is 8.95. The smallest absolute Gasteiger partial charge is 0.283 e. The fourth-order valence-electron chi connectivity index (χ4n) is 2.78. The van der Waals surface area contributed by atoms with Crippen LogP contribution in [0.25, 0.3) is 23.1 Å². The first-order chi connectivity index (χ1) is 13.5. The highest BCUT2D eigenvalue weighted by Gasteiger charge is 2.17. The third kappa shape index (κ3) is 3.54. The Kier molecular flexibility index (Phi) is 4.71. The summed E-state index contributed by atoms with van der Waals surface area (Å²) in [4.78, 5) is 12.7. The molecule has 0 atom stereocenters. The van der Waals surface area contributed by atoms with E-state index in [1.165, 1.54) is 6.26 Å². The Labute approximate surface area is 166 Å². The number of halogens is 1. The summed E-state index contributed by atoms with van der Waals surface area (Å²) >= 11 is 6.30. The van der Waals surface area contributed by atoms with E-state index < -0.39 is 0 Å². The molecule has 4 rings (SSSR count). The number of carbonyl (C=O) groups excluding carboxylic acids is 1. The van der Waals surface area contributed by atoms with Gasteiger partial charge >= 0.3 is 0 Å². The van der Waals surface area contributed by atoms with E-state index in [4.69, 9.17) is 20.4 Å². The number of carbonyl (C=O) groups is 1. The van der Waals surface area contributed by atoms with Gasteiger partial charge in [-0.15, -0.1) is 10.2 Å². The lowest BCUT2D eigenvalue weighted by Crippen LogP contribution is -2.13. The number of aryl methyl sites for hydroxylation is 2. The molecule has 0 bridgehead atoms. The Bertz CT molecular complexity index is 1150. The van der Waals surface area contributed by atoms with Crippen LogP contribution in [0.5, 0.6) is 0 Å². The maximum Gasteiger partial charge on any atom is 0.283 e. The molecule has 0 aliphatic carbocycles. The Hall–Kier alpha value is -3.38. The lowest BCUT2D eigenvalue weighted by Gasteiger charge is -2.10. The van der Waals surface area contributed by atoms with Crippen LogP contribution in [-0.2, 0) is 0 Å². The van der Waals surface area contributed by atoms with Crippen LogP contribution in [0.3, 0.4) is 0 Å². The molecule has 140 valence electrons. The van der Waals surface area contributed by atoms with Crippen LogP contribution in [0.2, 0.25) is 5.02 Å². The molecule has 2 aromatic carbocycles. The number of rotatable bonds is 4. The van der Waals surface area contributed by atoms with Crippen LogP contribution in [0, 0.1) is 13.8 Å². The van der Waals surface area contributed by atoms with Crippen molar-refractivity contribution >= 4 is 23.2 Å². The number of furan rings is 1. The van der Waals surface area contributed by atoms with Crippen molar-refractivity contribution in [3.8, 4) is 23.1 Å². The normalized spacial score (nSPS) is 10.8. The summed E-state index contributed by atoms with van der Waals surface area (Å²) in [5.74, 6) is 0.755. The van der Waals surface area contributed by atoms with E-state index in [2.05, 4.69) is 15.5 Å². The predicted molar refractivity (Wildman–Crippen MR) is 106 cm³/mol. The van der Waals surface area contributed by atoms with Gasteiger partial charge in [-0.2, -0.15) is 0 Å². The van der Waals surface area contributed by atoms with Crippen molar-refractivity contribution < 1.29 is 13.6 Å². The van der Waals surface area contributed by atoms with Crippen LogP contribution in [0.4, 0.5) is 5.69 Å². The fourth-order valence-corrected chi connectivity index (χ4v) is 2.98. The van der Waals surface area contributed by atoms with Gasteiger partial charge in [0.15, 0.2) is 5.76 Å². The van der Waals surface area contributed by atoms with Gasteiger partial charge in [-0.1, -0.05) is 29.3 Å². The van der Waals surface area contributed by atoms with Gasteiger partial charge in [0.25, 0.3) is 11.8 Å². The van der Waals surface area contributed by atoms with Gasteiger partial charge in [0, 0.05) is 11.3 Å². The zero-order valence-electron chi connectivity index (χ0n) is 15.2. The van der Waals surface area contributed by atoms with Gasteiger partial charge < -0.3 is 14.2 Å². The second-order valence-corrected chi connectivity index (χ2v) is 6.76. The van der Waals surface area contributed by atoms with E-state index in [-0.39, 0.29) is 17.7 Å². The summed E-state index contributed by atoms with van der Waals surface area (Å²) in [5.41, 5.74) is 3.63. The minimum absolute atomic E-state index is 0.198. The average molecular weight is 394 g/mol. The Morgan fingerprint density at radius 2 is 1.86 bits per heavy atom.